The first kappa shape index (κ1) is 20.8. The van der Waals surface area contributed by atoms with Crippen LogP contribution in [0.15, 0.2) is 71.6 Å². The molecule has 0 atom stereocenters. The summed E-state index contributed by atoms with van der Waals surface area (Å²) in [7, 11) is -3.55. The molecule has 0 aromatic heterocycles. The first-order valence-electron chi connectivity index (χ1n) is 9.35. The number of ether oxygens (including phenoxy) is 1. The molecule has 0 bridgehead atoms. The Morgan fingerprint density at radius 3 is 2.38 bits per heavy atom. The van der Waals surface area contributed by atoms with Gasteiger partial charge in [-0.05, 0) is 41.6 Å². The zero-order valence-electron chi connectivity index (χ0n) is 16.4. The van der Waals surface area contributed by atoms with Gasteiger partial charge in [-0.25, -0.2) is 13.1 Å². The molecule has 29 heavy (non-hydrogen) atoms. The Kier molecular flexibility index (Phi) is 6.51. The molecular weight excluding hydrogens is 388 g/mol. The van der Waals surface area contributed by atoms with Crippen molar-refractivity contribution in [2.24, 2.45) is 5.92 Å². The Morgan fingerprint density at radius 1 is 0.966 bits per heavy atom. The van der Waals surface area contributed by atoms with Crippen molar-refractivity contribution in [3.05, 3.63) is 66.7 Å². The standard InChI is InChI=1S/C22H24N2O4S/c1-16(2)14-23-29(26,27)19-12-10-18(11-13-19)28-15-22(25)24-21-9-5-7-17-6-3-4-8-20(17)21/h3-13,16,23H,14-15H2,1-2H3,(H,24,25). The van der Waals surface area contributed by atoms with Gasteiger partial charge in [0, 0.05) is 17.6 Å². The Hall–Kier alpha value is -2.90. The molecule has 0 aliphatic heterocycles. The van der Waals surface area contributed by atoms with Crippen LogP contribution in [-0.2, 0) is 14.8 Å². The second-order valence-electron chi connectivity index (χ2n) is 7.08. The lowest BCUT2D eigenvalue weighted by Crippen LogP contribution is -2.27. The normalized spacial score (nSPS) is 11.6. The van der Waals surface area contributed by atoms with Gasteiger partial charge in [0.05, 0.1) is 4.90 Å². The van der Waals surface area contributed by atoms with Crippen LogP contribution in [0.2, 0.25) is 0 Å². The number of carbonyl (C=O) groups is 1. The minimum absolute atomic E-state index is 0.158. The van der Waals surface area contributed by atoms with Gasteiger partial charge in [0.1, 0.15) is 5.75 Å². The van der Waals surface area contributed by atoms with Gasteiger partial charge in [-0.15, -0.1) is 0 Å². The van der Waals surface area contributed by atoms with Crippen molar-refractivity contribution in [3.8, 4) is 5.75 Å². The Bertz CT molecular complexity index is 1090. The Balaban J connectivity index is 1.59. The maximum atomic E-state index is 12.3. The summed E-state index contributed by atoms with van der Waals surface area (Å²) in [5.41, 5.74) is 0.717. The number of anilines is 1. The lowest BCUT2D eigenvalue weighted by atomic mass is 10.1. The van der Waals surface area contributed by atoms with Crippen molar-refractivity contribution >= 4 is 32.4 Å². The lowest BCUT2D eigenvalue weighted by Gasteiger charge is -2.11. The van der Waals surface area contributed by atoms with Gasteiger partial charge in [-0.2, -0.15) is 0 Å². The molecule has 0 saturated carbocycles. The predicted molar refractivity (Wildman–Crippen MR) is 115 cm³/mol. The number of fused-ring (bicyclic) bond motifs is 1. The molecule has 3 aromatic carbocycles. The second kappa shape index (κ2) is 9.07. The molecule has 3 aromatic rings. The molecule has 0 radical (unpaired) electrons. The molecule has 0 fully saturated rings. The van der Waals surface area contributed by atoms with Crippen molar-refractivity contribution in [1.29, 1.82) is 0 Å². The summed E-state index contributed by atoms with van der Waals surface area (Å²) < 4.78 is 32.5. The number of nitrogens with one attached hydrogen (secondary N) is 2. The third-order valence-electron chi connectivity index (χ3n) is 4.25. The van der Waals surface area contributed by atoms with E-state index in [0.717, 1.165) is 16.5 Å². The van der Waals surface area contributed by atoms with Crippen molar-refractivity contribution in [2.45, 2.75) is 18.7 Å². The quantitative estimate of drug-likeness (QED) is 0.590. The number of rotatable bonds is 8. The summed E-state index contributed by atoms with van der Waals surface area (Å²) in [6.07, 6.45) is 0. The average molecular weight is 413 g/mol. The highest BCUT2D eigenvalue weighted by molar-refractivity contribution is 7.89. The van der Waals surface area contributed by atoms with Crippen LogP contribution < -0.4 is 14.8 Å². The van der Waals surface area contributed by atoms with Gasteiger partial charge in [-0.3, -0.25) is 4.79 Å². The van der Waals surface area contributed by atoms with Crippen LogP contribution in [0.1, 0.15) is 13.8 Å². The second-order valence-corrected chi connectivity index (χ2v) is 8.85. The monoisotopic (exact) mass is 412 g/mol. The molecular formula is C22H24N2O4S. The van der Waals surface area contributed by atoms with E-state index in [1.807, 2.05) is 56.3 Å². The van der Waals surface area contributed by atoms with Gasteiger partial charge >= 0.3 is 0 Å². The maximum absolute atomic E-state index is 12.3. The SMILES string of the molecule is CC(C)CNS(=O)(=O)c1ccc(OCC(=O)Nc2cccc3ccccc23)cc1. The topological polar surface area (TPSA) is 84.5 Å². The van der Waals surface area contributed by atoms with Crippen LogP contribution in [0.3, 0.4) is 0 Å². The van der Waals surface area contributed by atoms with Crippen molar-refractivity contribution in [3.63, 3.8) is 0 Å². The zero-order chi connectivity index (χ0) is 20.9. The number of hydrogen-bond donors (Lipinski definition) is 2. The minimum atomic E-state index is -3.55. The van der Waals surface area contributed by atoms with Gasteiger partial charge in [0.15, 0.2) is 6.61 Å². The summed E-state index contributed by atoms with van der Waals surface area (Å²) in [4.78, 5) is 12.4. The first-order chi connectivity index (χ1) is 13.8. The lowest BCUT2D eigenvalue weighted by molar-refractivity contribution is -0.118. The molecule has 0 aliphatic carbocycles. The highest BCUT2D eigenvalue weighted by Crippen LogP contribution is 2.23. The molecule has 2 N–H and O–H groups in total. The maximum Gasteiger partial charge on any atom is 0.262 e. The van der Waals surface area contributed by atoms with E-state index in [2.05, 4.69) is 10.0 Å². The highest BCUT2D eigenvalue weighted by Gasteiger charge is 2.14. The highest BCUT2D eigenvalue weighted by atomic mass is 32.2. The first-order valence-corrected chi connectivity index (χ1v) is 10.8. The van der Waals surface area contributed by atoms with E-state index in [-0.39, 0.29) is 23.3 Å². The molecule has 6 nitrogen and oxygen atoms in total. The number of amides is 1. The van der Waals surface area contributed by atoms with E-state index in [1.165, 1.54) is 24.3 Å². The Morgan fingerprint density at radius 2 is 1.66 bits per heavy atom. The van der Waals surface area contributed by atoms with Crippen LogP contribution in [0.5, 0.6) is 5.75 Å². The average Bonchev–Trinajstić information content (AvgIpc) is 2.71. The van der Waals surface area contributed by atoms with E-state index < -0.39 is 10.0 Å². The summed E-state index contributed by atoms with van der Waals surface area (Å²) in [5, 5.41) is 4.84. The van der Waals surface area contributed by atoms with E-state index in [0.29, 0.717) is 12.3 Å². The van der Waals surface area contributed by atoms with E-state index in [1.54, 1.807) is 0 Å². The fraction of sp³-hybridized carbons (Fsp3) is 0.227. The van der Waals surface area contributed by atoms with E-state index >= 15 is 0 Å². The third-order valence-corrected chi connectivity index (χ3v) is 5.69. The Labute approximate surface area is 170 Å². The van der Waals surface area contributed by atoms with Crippen molar-refractivity contribution < 1.29 is 17.9 Å². The molecule has 0 spiro atoms. The van der Waals surface area contributed by atoms with Crippen LogP contribution in [0, 0.1) is 5.92 Å². The van der Waals surface area contributed by atoms with Gasteiger partial charge in [-0.1, -0.05) is 50.2 Å². The number of sulfonamides is 1. The summed E-state index contributed by atoms with van der Waals surface area (Å²) in [5.74, 6) is 0.338. The summed E-state index contributed by atoms with van der Waals surface area (Å²) >= 11 is 0. The van der Waals surface area contributed by atoms with Gasteiger partial charge in [0.25, 0.3) is 5.91 Å². The van der Waals surface area contributed by atoms with E-state index in [4.69, 9.17) is 4.74 Å². The van der Waals surface area contributed by atoms with Crippen LogP contribution in [0.4, 0.5) is 5.69 Å². The smallest absolute Gasteiger partial charge is 0.262 e. The number of hydrogen-bond acceptors (Lipinski definition) is 4. The van der Waals surface area contributed by atoms with Crippen molar-refractivity contribution in [2.75, 3.05) is 18.5 Å². The number of benzene rings is 3. The molecule has 0 heterocycles. The molecule has 1 amide bonds. The molecule has 0 aliphatic rings. The van der Waals surface area contributed by atoms with Gasteiger partial charge < -0.3 is 10.1 Å². The molecule has 7 heteroatoms. The molecule has 0 unspecified atom stereocenters. The van der Waals surface area contributed by atoms with E-state index in [9.17, 15) is 13.2 Å². The third kappa shape index (κ3) is 5.56. The zero-order valence-corrected chi connectivity index (χ0v) is 17.2. The fourth-order valence-electron chi connectivity index (χ4n) is 2.74. The molecule has 0 saturated heterocycles. The molecule has 3 rings (SSSR count). The van der Waals surface area contributed by atoms with Gasteiger partial charge in [0.2, 0.25) is 10.0 Å². The summed E-state index contributed by atoms with van der Waals surface area (Å²) in [6.45, 7) is 4.06. The molecule has 152 valence electrons. The number of carbonyl (C=O) groups excluding carboxylic acids is 1. The summed E-state index contributed by atoms with van der Waals surface area (Å²) in [6, 6.07) is 19.5. The fourth-order valence-corrected chi connectivity index (χ4v) is 3.96. The largest absolute Gasteiger partial charge is 0.484 e. The van der Waals surface area contributed by atoms with Crippen LogP contribution >= 0.6 is 0 Å². The van der Waals surface area contributed by atoms with Crippen LogP contribution in [-0.4, -0.2) is 27.5 Å². The van der Waals surface area contributed by atoms with Crippen LogP contribution in [0.25, 0.3) is 10.8 Å². The van der Waals surface area contributed by atoms with Crippen molar-refractivity contribution in [1.82, 2.24) is 4.72 Å². The minimum Gasteiger partial charge on any atom is -0.484 e. The predicted octanol–water partition coefficient (Wildman–Crippen LogP) is 3.79.